The molecule has 0 saturated heterocycles. The summed E-state index contributed by atoms with van der Waals surface area (Å²) in [5.41, 5.74) is -0.620. The lowest BCUT2D eigenvalue weighted by Crippen LogP contribution is -2.55. The molecule has 1 aliphatic rings. The van der Waals surface area contributed by atoms with Gasteiger partial charge < -0.3 is 4.74 Å². The monoisotopic (exact) mass is 265 g/mol. The summed E-state index contributed by atoms with van der Waals surface area (Å²) < 4.78 is 7.20. The molecular weight excluding hydrogens is 250 g/mol. The number of hydrogen-bond acceptors (Lipinski definition) is 4. The number of fused-ring (bicyclic) bond motifs is 1. The topological polar surface area (TPSA) is 90.3 Å². The third-order valence-electron chi connectivity index (χ3n) is 2.79. The molecule has 2 rings (SSSR count). The van der Waals surface area contributed by atoms with Crippen LogP contribution in [0.2, 0.25) is 0 Å². The summed E-state index contributed by atoms with van der Waals surface area (Å²) in [6, 6.07) is 0. The summed E-state index contributed by atoms with van der Waals surface area (Å²) in [6.07, 6.45) is 0.748. The Kier molecular flexibility index (Phi) is 3.70. The first kappa shape index (κ1) is 13.3. The zero-order valence-electron chi connectivity index (χ0n) is 11.1. The highest BCUT2D eigenvalue weighted by atomic mass is 16.5. The van der Waals surface area contributed by atoms with Gasteiger partial charge in [0.2, 0.25) is 5.96 Å². The molecule has 8 nitrogen and oxygen atoms in total. The Morgan fingerprint density at radius 2 is 1.95 bits per heavy atom. The van der Waals surface area contributed by atoms with Gasteiger partial charge in [0.15, 0.2) is 10.8 Å². The van der Waals surface area contributed by atoms with Crippen molar-refractivity contribution in [1.29, 1.82) is 0 Å². The van der Waals surface area contributed by atoms with Crippen LogP contribution in [0.5, 0.6) is 0 Å². The molecule has 1 aromatic rings. The van der Waals surface area contributed by atoms with E-state index >= 15 is 0 Å². The molecule has 0 bridgehead atoms. The van der Waals surface area contributed by atoms with E-state index in [0.29, 0.717) is 13.2 Å². The maximum atomic E-state index is 11.9. The van der Waals surface area contributed by atoms with E-state index in [9.17, 15) is 9.59 Å². The van der Waals surface area contributed by atoms with Crippen molar-refractivity contribution in [3.63, 3.8) is 0 Å². The van der Waals surface area contributed by atoms with Crippen LogP contribution in [-0.2, 0) is 18.8 Å². The van der Waals surface area contributed by atoms with Gasteiger partial charge in [0.05, 0.1) is 0 Å². The van der Waals surface area contributed by atoms with Crippen LogP contribution in [0.25, 0.3) is 0 Å². The molecular formula is C11H15N5O3. The van der Waals surface area contributed by atoms with Crippen LogP contribution < -0.4 is 22.1 Å². The fourth-order valence-electron chi connectivity index (χ4n) is 1.72. The number of hydrogen-bond donors (Lipinski definition) is 0. The normalized spacial score (nSPS) is 15.2. The Balaban J connectivity index is 2.46. The SMILES string of the molecule is COCCCN=C1N=c2c(=O)n(C)c(=O)n(C)c2=N1. The Labute approximate surface area is 108 Å². The van der Waals surface area contributed by atoms with E-state index in [1.807, 2.05) is 0 Å². The molecule has 0 spiro atoms. The van der Waals surface area contributed by atoms with Crippen molar-refractivity contribution in [2.45, 2.75) is 6.42 Å². The van der Waals surface area contributed by atoms with Gasteiger partial charge in [-0.3, -0.25) is 13.9 Å². The Hall–Kier alpha value is -2.09. The van der Waals surface area contributed by atoms with Crippen LogP contribution in [0.4, 0.5) is 0 Å². The Bertz CT molecular complexity index is 756. The van der Waals surface area contributed by atoms with Crippen LogP contribution >= 0.6 is 0 Å². The summed E-state index contributed by atoms with van der Waals surface area (Å²) in [4.78, 5) is 35.9. The van der Waals surface area contributed by atoms with Crippen molar-refractivity contribution in [1.82, 2.24) is 9.13 Å². The van der Waals surface area contributed by atoms with Crippen LogP contribution in [-0.4, -0.2) is 35.4 Å². The first-order valence-electron chi connectivity index (χ1n) is 5.83. The number of ether oxygens (including phenoxy) is 1. The molecule has 0 amide bonds. The van der Waals surface area contributed by atoms with Crippen molar-refractivity contribution in [3.8, 4) is 0 Å². The number of rotatable bonds is 4. The van der Waals surface area contributed by atoms with Crippen molar-refractivity contribution in [3.05, 3.63) is 31.7 Å². The maximum Gasteiger partial charge on any atom is 0.332 e. The van der Waals surface area contributed by atoms with Gasteiger partial charge >= 0.3 is 5.69 Å². The molecule has 0 aromatic carbocycles. The summed E-state index contributed by atoms with van der Waals surface area (Å²) in [5.74, 6) is 0.226. The summed E-state index contributed by atoms with van der Waals surface area (Å²) >= 11 is 0. The highest BCUT2D eigenvalue weighted by molar-refractivity contribution is 5.82. The molecule has 0 unspecified atom stereocenters. The predicted molar refractivity (Wildman–Crippen MR) is 68.0 cm³/mol. The average molecular weight is 265 g/mol. The highest BCUT2D eigenvalue weighted by Crippen LogP contribution is 1.88. The molecule has 1 aromatic heterocycles. The second kappa shape index (κ2) is 5.27. The Morgan fingerprint density at radius 3 is 2.63 bits per heavy atom. The average Bonchev–Trinajstić information content (AvgIpc) is 2.83. The molecule has 102 valence electrons. The highest BCUT2D eigenvalue weighted by Gasteiger charge is 2.13. The molecule has 1 aliphatic heterocycles. The zero-order chi connectivity index (χ0) is 14.0. The first-order valence-corrected chi connectivity index (χ1v) is 5.83. The van der Waals surface area contributed by atoms with Gasteiger partial charge in [-0.1, -0.05) is 0 Å². The lowest BCUT2D eigenvalue weighted by Gasteiger charge is -1.98. The van der Waals surface area contributed by atoms with Crippen LogP contribution in [0.1, 0.15) is 6.42 Å². The lowest BCUT2D eigenvalue weighted by molar-refractivity contribution is 0.197. The third kappa shape index (κ3) is 2.39. The second-order valence-corrected chi connectivity index (χ2v) is 4.13. The second-order valence-electron chi connectivity index (χ2n) is 4.13. The van der Waals surface area contributed by atoms with Crippen molar-refractivity contribution in [2.75, 3.05) is 20.3 Å². The molecule has 0 atom stereocenters. The van der Waals surface area contributed by atoms with Gasteiger partial charge in [-0.05, 0) is 6.42 Å². The van der Waals surface area contributed by atoms with Crippen molar-refractivity contribution < 1.29 is 4.74 Å². The van der Waals surface area contributed by atoms with Crippen LogP contribution in [0.3, 0.4) is 0 Å². The molecule has 0 radical (unpaired) electrons. The van der Waals surface area contributed by atoms with Crippen LogP contribution in [0, 0.1) is 0 Å². The molecule has 0 N–H and O–H groups in total. The standard InChI is InChI=1S/C11H15N5O3/c1-15-8-7(9(17)16(2)11(15)18)13-10(14-8)12-5-4-6-19-3/h4-6H2,1-3H3. The van der Waals surface area contributed by atoms with E-state index in [1.165, 1.54) is 11.6 Å². The number of aliphatic imine (C=N–C) groups is 1. The minimum atomic E-state index is -0.455. The number of aromatic nitrogens is 2. The van der Waals surface area contributed by atoms with Crippen molar-refractivity contribution >= 4 is 5.96 Å². The largest absolute Gasteiger partial charge is 0.385 e. The quantitative estimate of drug-likeness (QED) is 0.575. The third-order valence-corrected chi connectivity index (χ3v) is 2.79. The van der Waals surface area contributed by atoms with E-state index in [-0.39, 0.29) is 16.8 Å². The number of guanidine groups is 1. The van der Waals surface area contributed by atoms with E-state index in [4.69, 9.17) is 4.74 Å². The summed E-state index contributed by atoms with van der Waals surface area (Å²) in [5, 5.41) is 0.162. The molecule has 2 heterocycles. The van der Waals surface area contributed by atoms with Gasteiger partial charge in [-0.25, -0.2) is 14.8 Å². The molecule has 19 heavy (non-hydrogen) atoms. The molecule has 0 fully saturated rings. The maximum absolute atomic E-state index is 11.9. The summed E-state index contributed by atoms with van der Waals surface area (Å²) in [6.45, 7) is 1.11. The number of nitrogens with zero attached hydrogens (tertiary/aromatic N) is 5. The Morgan fingerprint density at radius 1 is 1.21 bits per heavy atom. The van der Waals surface area contributed by atoms with Crippen LogP contribution in [0.15, 0.2) is 24.6 Å². The van der Waals surface area contributed by atoms with E-state index in [2.05, 4.69) is 15.0 Å². The van der Waals surface area contributed by atoms with Gasteiger partial charge in [0.25, 0.3) is 5.56 Å². The van der Waals surface area contributed by atoms with E-state index in [1.54, 1.807) is 14.2 Å². The van der Waals surface area contributed by atoms with Gasteiger partial charge in [-0.15, -0.1) is 0 Å². The summed E-state index contributed by atoms with van der Waals surface area (Å²) in [7, 11) is 4.58. The van der Waals surface area contributed by atoms with Gasteiger partial charge in [-0.2, -0.15) is 4.99 Å². The zero-order valence-corrected chi connectivity index (χ0v) is 11.1. The minimum absolute atomic E-state index is 0.162. The van der Waals surface area contributed by atoms with Crippen molar-refractivity contribution in [2.24, 2.45) is 29.1 Å². The van der Waals surface area contributed by atoms with Gasteiger partial charge in [0.1, 0.15) is 0 Å². The molecule has 0 saturated carbocycles. The minimum Gasteiger partial charge on any atom is -0.385 e. The fraction of sp³-hybridized carbons (Fsp3) is 0.545. The first-order chi connectivity index (χ1) is 9.06. The van der Waals surface area contributed by atoms with E-state index in [0.717, 1.165) is 11.0 Å². The molecule has 0 aliphatic carbocycles. The predicted octanol–water partition coefficient (Wildman–Crippen LogP) is -2.27. The lowest BCUT2D eigenvalue weighted by atomic mass is 10.5. The smallest absolute Gasteiger partial charge is 0.332 e. The van der Waals surface area contributed by atoms with E-state index < -0.39 is 11.2 Å². The molecule has 8 heteroatoms. The van der Waals surface area contributed by atoms with Gasteiger partial charge in [0, 0.05) is 34.4 Å². The fourth-order valence-corrected chi connectivity index (χ4v) is 1.72. The number of methoxy groups -OCH3 is 1.